The average Bonchev–Trinajstić information content (AvgIpc) is 2.65. The summed E-state index contributed by atoms with van der Waals surface area (Å²) in [5.41, 5.74) is 1.80. The molecule has 112 valence electrons. The summed E-state index contributed by atoms with van der Waals surface area (Å²) in [7, 11) is 0. The van der Waals surface area contributed by atoms with Crippen molar-refractivity contribution in [1.29, 1.82) is 5.26 Å². The van der Waals surface area contributed by atoms with E-state index in [0.717, 1.165) is 16.7 Å². The molecule has 0 N–H and O–H groups in total. The lowest BCUT2D eigenvalue weighted by molar-refractivity contribution is 0.630. The standard InChI is InChI=1S/C21H16ClN/c22-20(17-10-4-1-5-11-17)21(16-23,18-12-6-2-7-13-18)19-14-8-3-9-15-19/h1-15,20H. The number of halogens is 1. The Kier molecular flexibility index (Phi) is 4.46. The van der Waals surface area contributed by atoms with Crippen LogP contribution in [-0.2, 0) is 5.41 Å². The average molecular weight is 318 g/mol. The monoisotopic (exact) mass is 317 g/mol. The number of hydrogen-bond acceptors (Lipinski definition) is 1. The molecule has 3 aromatic rings. The van der Waals surface area contributed by atoms with E-state index in [1.807, 2.05) is 91.0 Å². The van der Waals surface area contributed by atoms with Gasteiger partial charge in [0.05, 0.1) is 11.4 Å². The predicted molar refractivity (Wildman–Crippen MR) is 94.3 cm³/mol. The van der Waals surface area contributed by atoms with E-state index in [9.17, 15) is 5.26 Å². The normalized spacial score (nSPS) is 12.3. The largest absolute Gasteiger partial charge is 0.197 e. The highest BCUT2D eigenvalue weighted by Crippen LogP contribution is 2.46. The molecule has 0 fully saturated rings. The molecule has 0 aliphatic rings. The van der Waals surface area contributed by atoms with Crippen LogP contribution in [0.5, 0.6) is 0 Å². The summed E-state index contributed by atoms with van der Waals surface area (Å²) >= 11 is 6.88. The number of nitrogens with zero attached hydrogens (tertiary/aromatic N) is 1. The highest BCUT2D eigenvalue weighted by atomic mass is 35.5. The minimum atomic E-state index is -0.939. The molecule has 1 atom stereocenters. The van der Waals surface area contributed by atoms with Crippen LogP contribution in [0.2, 0.25) is 0 Å². The van der Waals surface area contributed by atoms with E-state index >= 15 is 0 Å². The minimum Gasteiger partial charge on any atom is -0.197 e. The number of alkyl halides is 1. The lowest BCUT2D eigenvalue weighted by atomic mass is 9.71. The van der Waals surface area contributed by atoms with Gasteiger partial charge in [0.15, 0.2) is 0 Å². The molecule has 0 bridgehead atoms. The SMILES string of the molecule is N#CC(c1ccccc1)(c1ccccc1)C(Cl)c1ccccc1. The maximum Gasteiger partial charge on any atom is 0.127 e. The third-order valence-corrected chi connectivity index (χ3v) is 4.69. The summed E-state index contributed by atoms with van der Waals surface area (Å²) in [6, 6.07) is 31.8. The van der Waals surface area contributed by atoms with Gasteiger partial charge in [-0.25, -0.2) is 0 Å². The van der Waals surface area contributed by atoms with Gasteiger partial charge in [0.1, 0.15) is 5.41 Å². The van der Waals surface area contributed by atoms with E-state index in [-0.39, 0.29) is 0 Å². The van der Waals surface area contributed by atoms with Gasteiger partial charge in [0.2, 0.25) is 0 Å². The molecule has 0 aliphatic carbocycles. The lowest BCUT2D eigenvalue weighted by Gasteiger charge is -2.32. The molecule has 0 spiro atoms. The van der Waals surface area contributed by atoms with Gasteiger partial charge in [0, 0.05) is 0 Å². The summed E-state index contributed by atoms with van der Waals surface area (Å²) in [6.07, 6.45) is 0. The molecule has 3 rings (SSSR count). The van der Waals surface area contributed by atoms with Crippen molar-refractivity contribution in [3.63, 3.8) is 0 Å². The van der Waals surface area contributed by atoms with Crippen molar-refractivity contribution < 1.29 is 0 Å². The summed E-state index contributed by atoms with van der Waals surface area (Å²) in [5.74, 6) is 0. The Morgan fingerprint density at radius 1 is 0.696 bits per heavy atom. The van der Waals surface area contributed by atoms with Crippen LogP contribution in [0, 0.1) is 11.3 Å². The first-order valence-corrected chi connectivity index (χ1v) is 7.94. The second kappa shape index (κ2) is 6.69. The molecular formula is C21H16ClN. The van der Waals surface area contributed by atoms with Gasteiger partial charge in [-0.1, -0.05) is 91.0 Å². The summed E-state index contributed by atoms with van der Waals surface area (Å²) in [6.45, 7) is 0. The van der Waals surface area contributed by atoms with Crippen LogP contribution < -0.4 is 0 Å². The Morgan fingerprint density at radius 2 is 1.09 bits per heavy atom. The van der Waals surface area contributed by atoms with Crippen molar-refractivity contribution in [2.45, 2.75) is 10.8 Å². The molecule has 0 aliphatic heterocycles. The Morgan fingerprint density at radius 3 is 1.48 bits per heavy atom. The molecular weight excluding hydrogens is 302 g/mol. The lowest BCUT2D eigenvalue weighted by Crippen LogP contribution is -2.31. The molecule has 0 radical (unpaired) electrons. The Balaban J connectivity index is 2.24. The number of rotatable bonds is 4. The fourth-order valence-electron chi connectivity index (χ4n) is 2.92. The first-order valence-electron chi connectivity index (χ1n) is 7.50. The molecule has 0 aromatic heterocycles. The second-order valence-electron chi connectivity index (χ2n) is 5.43. The molecule has 0 saturated heterocycles. The highest BCUT2D eigenvalue weighted by molar-refractivity contribution is 6.22. The van der Waals surface area contributed by atoms with Crippen molar-refractivity contribution >= 4 is 11.6 Å². The second-order valence-corrected chi connectivity index (χ2v) is 5.86. The van der Waals surface area contributed by atoms with Crippen LogP contribution >= 0.6 is 11.6 Å². The van der Waals surface area contributed by atoms with Crippen LogP contribution in [0.25, 0.3) is 0 Å². The zero-order valence-electron chi connectivity index (χ0n) is 12.6. The summed E-state index contributed by atoms with van der Waals surface area (Å²) in [5, 5.41) is 9.69. The third kappa shape index (κ3) is 2.74. The molecule has 0 heterocycles. The highest BCUT2D eigenvalue weighted by Gasteiger charge is 2.42. The van der Waals surface area contributed by atoms with Crippen molar-refractivity contribution in [2.75, 3.05) is 0 Å². The maximum atomic E-state index is 10.2. The number of benzene rings is 3. The van der Waals surface area contributed by atoms with Gasteiger partial charge in [-0.2, -0.15) is 5.26 Å². The topological polar surface area (TPSA) is 23.8 Å². The van der Waals surface area contributed by atoms with E-state index in [1.165, 1.54) is 0 Å². The van der Waals surface area contributed by atoms with Gasteiger partial charge in [-0.15, -0.1) is 11.6 Å². The molecule has 3 aromatic carbocycles. The number of nitriles is 1. The fraction of sp³-hybridized carbons (Fsp3) is 0.0952. The fourth-order valence-corrected chi connectivity index (χ4v) is 3.37. The zero-order valence-corrected chi connectivity index (χ0v) is 13.3. The van der Waals surface area contributed by atoms with Gasteiger partial charge >= 0.3 is 0 Å². The van der Waals surface area contributed by atoms with Crippen LogP contribution in [0.1, 0.15) is 22.1 Å². The molecule has 0 amide bonds. The van der Waals surface area contributed by atoms with E-state index in [2.05, 4.69) is 6.07 Å². The quantitative estimate of drug-likeness (QED) is 0.585. The van der Waals surface area contributed by atoms with Gasteiger partial charge in [0.25, 0.3) is 0 Å². The molecule has 1 unspecified atom stereocenters. The van der Waals surface area contributed by atoms with Gasteiger partial charge in [-0.3, -0.25) is 0 Å². The van der Waals surface area contributed by atoms with Crippen molar-refractivity contribution in [3.05, 3.63) is 108 Å². The van der Waals surface area contributed by atoms with E-state index in [0.29, 0.717) is 0 Å². The predicted octanol–water partition coefficient (Wildman–Crippen LogP) is 5.48. The molecule has 23 heavy (non-hydrogen) atoms. The Hall–Kier alpha value is -2.56. The van der Waals surface area contributed by atoms with E-state index in [1.54, 1.807) is 0 Å². The van der Waals surface area contributed by atoms with Crippen LogP contribution in [0.3, 0.4) is 0 Å². The molecule has 2 heteroatoms. The van der Waals surface area contributed by atoms with Crippen LogP contribution in [-0.4, -0.2) is 0 Å². The first-order chi connectivity index (χ1) is 11.3. The van der Waals surface area contributed by atoms with Crippen LogP contribution in [0.15, 0.2) is 91.0 Å². The van der Waals surface area contributed by atoms with Gasteiger partial charge < -0.3 is 0 Å². The summed E-state index contributed by atoms with van der Waals surface area (Å²) < 4.78 is 0. The van der Waals surface area contributed by atoms with Crippen LogP contribution in [0.4, 0.5) is 0 Å². The van der Waals surface area contributed by atoms with Crippen molar-refractivity contribution in [1.82, 2.24) is 0 Å². The summed E-state index contributed by atoms with van der Waals surface area (Å²) in [4.78, 5) is 0. The third-order valence-electron chi connectivity index (χ3n) is 4.11. The van der Waals surface area contributed by atoms with Gasteiger partial charge in [-0.05, 0) is 16.7 Å². The van der Waals surface area contributed by atoms with E-state index < -0.39 is 10.8 Å². The zero-order chi connectivity index (χ0) is 16.1. The smallest absolute Gasteiger partial charge is 0.127 e. The van der Waals surface area contributed by atoms with E-state index in [4.69, 9.17) is 11.6 Å². The first kappa shape index (κ1) is 15.3. The number of hydrogen-bond donors (Lipinski definition) is 0. The van der Waals surface area contributed by atoms with Crippen molar-refractivity contribution in [3.8, 4) is 6.07 Å². The Bertz CT molecular complexity index is 752. The van der Waals surface area contributed by atoms with Crippen molar-refractivity contribution in [2.24, 2.45) is 0 Å². The molecule has 1 nitrogen and oxygen atoms in total. The Labute approximate surface area is 141 Å². The molecule has 0 saturated carbocycles. The minimum absolute atomic E-state index is 0.488. The maximum absolute atomic E-state index is 10.2.